The van der Waals surface area contributed by atoms with E-state index < -0.39 is 12.1 Å². The molecule has 0 bridgehead atoms. The predicted molar refractivity (Wildman–Crippen MR) is 75.2 cm³/mol. The second-order valence-corrected chi connectivity index (χ2v) is 4.70. The summed E-state index contributed by atoms with van der Waals surface area (Å²) in [5.41, 5.74) is 0. The minimum Gasteiger partial charge on any atom is -0.485 e. The van der Waals surface area contributed by atoms with E-state index in [9.17, 15) is 9.59 Å². The van der Waals surface area contributed by atoms with E-state index in [1.165, 1.54) is 4.90 Å². The van der Waals surface area contributed by atoms with Crippen LogP contribution in [0, 0.1) is 11.3 Å². The van der Waals surface area contributed by atoms with Gasteiger partial charge < -0.3 is 19.1 Å². The van der Waals surface area contributed by atoms with Gasteiger partial charge in [-0.3, -0.25) is 4.79 Å². The van der Waals surface area contributed by atoms with Crippen LogP contribution in [0.3, 0.4) is 0 Å². The Morgan fingerprint density at radius 2 is 2.14 bits per heavy atom. The van der Waals surface area contributed by atoms with Gasteiger partial charge in [-0.15, -0.1) is 0 Å². The fraction of sp³-hybridized carbons (Fsp3) is 0.400. The number of ether oxygens (including phenoxy) is 3. The number of carbonyl (C=O) groups is 2. The highest BCUT2D eigenvalue weighted by Crippen LogP contribution is 2.31. The fourth-order valence-corrected chi connectivity index (χ4v) is 1.81. The van der Waals surface area contributed by atoms with Crippen molar-refractivity contribution in [3.05, 3.63) is 24.3 Å². The van der Waals surface area contributed by atoms with E-state index in [2.05, 4.69) is 0 Å². The molecule has 0 fully saturated rings. The molecule has 1 aliphatic heterocycles. The number of carbonyl (C=O) groups excluding carboxylic acids is 2. The van der Waals surface area contributed by atoms with E-state index in [0.29, 0.717) is 18.0 Å². The van der Waals surface area contributed by atoms with Crippen LogP contribution in [0.2, 0.25) is 0 Å². The minimum atomic E-state index is -0.896. The van der Waals surface area contributed by atoms with E-state index in [4.69, 9.17) is 19.5 Å². The first kappa shape index (κ1) is 15.6. The van der Waals surface area contributed by atoms with Crippen molar-refractivity contribution in [3.8, 4) is 17.6 Å². The molecule has 0 radical (unpaired) electrons. The molecule has 0 unspecified atom stereocenters. The molecule has 2 rings (SSSR count). The summed E-state index contributed by atoms with van der Waals surface area (Å²) in [6.45, 7) is -0.0557. The lowest BCUT2D eigenvalue weighted by Gasteiger charge is -2.25. The van der Waals surface area contributed by atoms with Crippen molar-refractivity contribution in [2.24, 2.45) is 0 Å². The summed E-state index contributed by atoms with van der Waals surface area (Å²) in [6.07, 6.45) is -0.667. The van der Waals surface area contributed by atoms with Crippen molar-refractivity contribution >= 4 is 11.9 Å². The first-order valence-electron chi connectivity index (χ1n) is 6.78. The van der Waals surface area contributed by atoms with Crippen LogP contribution in [0.15, 0.2) is 24.3 Å². The van der Waals surface area contributed by atoms with E-state index in [1.54, 1.807) is 31.3 Å². The molecule has 7 heteroatoms. The highest BCUT2D eigenvalue weighted by molar-refractivity contribution is 5.82. The third kappa shape index (κ3) is 3.88. The number of amides is 1. The zero-order chi connectivity index (χ0) is 15.9. The lowest BCUT2D eigenvalue weighted by Crippen LogP contribution is -2.40. The maximum atomic E-state index is 11.9. The number of hydrogen-bond acceptors (Lipinski definition) is 6. The summed E-state index contributed by atoms with van der Waals surface area (Å²) < 4.78 is 15.8. The molecule has 0 saturated carbocycles. The van der Waals surface area contributed by atoms with Gasteiger partial charge in [0.1, 0.15) is 6.61 Å². The van der Waals surface area contributed by atoms with Gasteiger partial charge in [0.25, 0.3) is 5.91 Å². The standard InChI is InChI=1S/C15H16N2O5/c1-17(8-4-7-16)14(18)10-21-15(19)13-9-20-11-5-2-3-6-12(11)22-13/h2-3,5-6,13H,4,8-10H2,1H3/t13-/m1/s1. The van der Waals surface area contributed by atoms with Crippen LogP contribution in [-0.4, -0.2) is 49.7 Å². The number of nitriles is 1. The van der Waals surface area contributed by atoms with E-state index in [0.717, 1.165) is 0 Å². The second-order valence-electron chi connectivity index (χ2n) is 4.70. The lowest BCUT2D eigenvalue weighted by atomic mass is 10.2. The summed E-state index contributed by atoms with van der Waals surface area (Å²) in [5.74, 6) is 0.00397. The minimum absolute atomic E-state index is 0.0360. The number of benzene rings is 1. The Kier molecular flexibility index (Phi) is 5.20. The van der Waals surface area contributed by atoms with Crippen molar-refractivity contribution in [1.29, 1.82) is 5.26 Å². The van der Waals surface area contributed by atoms with Crippen molar-refractivity contribution in [3.63, 3.8) is 0 Å². The van der Waals surface area contributed by atoms with Gasteiger partial charge in [0.2, 0.25) is 6.10 Å². The Morgan fingerprint density at radius 3 is 2.86 bits per heavy atom. The maximum Gasteiger partial charge on any atom is 0.351 e. The summed E-state index contributed by atoms with van der Waals surface area (Å²) >= 11 is 0. The SMILES string of the molecule is CN(CCC#N)C(=O)COC(=O)[C@H]1COc2ccccc2O1. The molecule has 1 heterocycles. The zero-order valence-electron chi connectivity index (χ0n) is 12.2. The monoisotopic (exact) mass is 304 g/mol. The number of nitrogens with zero attached hydrogens (tertiary/aromatic N) is 2. The third-order valence-corrected chi connectivity index (χ3v) is 3.09. The smallest absolute Gasteiger partial charge is 0.351 e. The first-order chi connectivity index (χ1) is 10.6. The number of rotatable bonds is 5. The molecule has 1 aromatic carbocycles. The van der Waals surface area contributed by atoms with Gasteiger partial charge in [0, 0.05) is 13.6 Å². The fourth-order valence-electron chi connectivity index (χ4n) is 1.81. The van der Waals surface area contributed by atoms with Crippen LogP contribution in [0.4, 0.5) is 0 Å². The van der Waals surface area contributed by atoms with Crippen molar-refractivity contribution in [2.45, 2.75) is 12.5 Å². The predicted octanol–water partition coefficient (Wildman–Crippen LogP) is 0.742. The quantitative estimate of drug-likeness (QED) is 0.746. The molecular formula is C15H16N2O5. The molecule has 0 spiro atoms. The van der Waals surface area contributed by atoms with Gasteiger partial charge in [-0.25, -0.2) is 4.79 Å². The Morgan fingerprint density at radius 1 is 1.41 bits per heavy atom. The maximum absolute atomic E-state index is 11.9. The highest BCUT2D eigenvalue weighted by atomic mass is 16.6. The van der Waals surface area contributed by atoms with E-state index >= 15 is 0 Å². The number of esters is 1. The summed E-state index contributed by atoms with van der Waals surface area (Å²) in [6, 6.07) is 8.94. The molecule has 22 heavy (non-hydrogen) atoms. The van der Waals surface area contributed by atoms with Crippen molar-refractivity contribution in [1.82, 2.24) is 4.90 Å². The van der Waals surface area contributed by atoms with Gasteiger partial charge >= 0.3 is 5.97 Å². The van der Waals surface area contributed by atoms with Crippen molar-refractivity contribution < 1.29 is 23.8 Å². The molecule has 0 aliphatic carbocycles. The number of fused-ring (bicyclic) bond motifs is 1. The Bertz CT molecular complexity index is 596. The zero-order valence-corrected chi connectivity index (χ0v) is 12.2. The second kappa shape index (κ2) is 7.31. The number of likely N-dealkylation sites (N-methyl/N-ethyl adjacent to an activating group) is 1. The van der Waals surface area contributed by atoms with Crippen molar-refractivity contribution in [2.75, 3.05) is 26.8 Å². The largest absolute Gasteiger partial charge is 0.485 e. The van der Waals surface area contributed by atoms with Crippen LogP contribution in [0.25, 0.3) is 0 Å². The van der Waals surface area contributed by atoms with E-state index in [-0.39, 0.29) is 25.5 Å². The van der Waals surface area contributed by atoms with Gasteiger partial charge in [-0.05, 0) is 12.1 Å². The summed E-state index contributed by atoms with van der Waals surface area (Å²) in [4.78, 5) is 24.9. The van der Waals surface area contributed by atoms with Crippen LogP contribution < -0.4 is 9.47 Å². The van der Waals surface area contributed by atoms with Gasteiger partial charge in [-0.2, -0.15) is 5.26 Å². The third-order valence-electron chi connectivity index (χ3n) is 3.09. The number of hydrogen-bond donors (Lipinski definition) is 0. The Hall–Kier alpha value is -2.75. The topological polar surface area (TPSA) is 88.9 Å². The average Bonchev–Trinajstić information content (AvgIpc) is 2.56. The van der Waals surface area contributed by atoms with Gasteiger partial charge in [0.05, 0.1) is 12.5 Å². The molecule has 0 saturated heterocycles. The van der Waals surface area contributed by atoms with Gasteiger partial charge in [0.15, 0.2) is 18.1 Å². The molecule has 116 valence electrons. The lowest BCUT2D eigenvalue weighted by molar-refractivity contribution is -0.159. The molecule has 7 nitrogen and oxygen atoms in total. The summed E-state index contributed by atoms with van der Waals surface area (Å²) in [5, 5.41) is 8.46. The Balaban J connectivity index is 1.81. The van der Waals surface area contributed by atoms with Crippen LogP contribution in [0.1, 0.15) is 6.42 Å². The van der Waals surface area contributed by atoms with Crippen LogP contribution >= 0.6 is 0 Å². The molecular weight excluding hydrogens is 288 g/mol. The molecule has 1 aliphatic rings. The average molecular weight is 304 g/mol. The van der Waals surface area contributed by atoms with Gasteiger partial charge in [-0.1, -0.05) is 12.1 Å². The van der Waals surface area contributed by atoms with Crippen LogP contribution in [-0.2, 0) is 14.3 Å². The van der Waals surface area contributed by atoms with Crippen LogP contribution in [0.5, 0.6) is 11.5 Å². The van der Waals surface area contributed by atoms with E-state index in [1.807, 2.05) is 6.07 Å². The summed E-state index contributed by atoms with van der Waals surface area (Å²) in [7, 11) is 1.55. The first-order valence-corrected chi connectivity index (χ1v) is 6.78. The molecule has 1 atom stereocenters. The highest BCUT2D eigenvalue weighted by Gasteiger charge is 2.29. The Labute approximate surface area is 128 Å². The normalized spacial score (nSPS) is 15.5. The molecule has 1 amide bonds. The molecule has 0 N–H and O–H groups in total. The number of para-hydroxylation sites is 2. The molecule has 1 aromatic rings. The molecule has 0 aromatic heterocycles.